The van der Waals surface area contributed by atoms with Crippen LogP contribution in [0.4, 0.5) is 0 Å². The number of hydrogen-bond donors (Lipinski definition) is 2. The lowest BCUT2D eigenvalue weighted by Gasteiger charge is -2.25. The van der Waals surface area contributed by atoms with E-state index in [-0.39, 0.29) is 12.8 Å². The van der Waals surface area contributed by atoms with E-state index in [0.29, 0.717) is 51.9 Å². The maximum Gasteiger partial charge on any atom is 0.306 e. The fourth-order valence-corrected chi connectivity index (χ4v) is 4.26. The Labute approximate surface area is 251 Å². The first kappa shape index (κ1) is 39.1. The molecule has 0 rings (SSSR count). The van der Waals surface area contributed by atoms with Crippen molar-refractivity contribution in [1.82, 2.24) is 10.6 Å². The predicted octanol–water partition coefficient (Wildman–Crippen LogP) is 5.64. The van der Waals surface area contributed by atoms with E-state index in [1.165, 1.54) is 0 Å². The Morgan fingerprint density at radius 2 is 0.833 bits per heavy atom. The van der Waals surface area contributed by atoms with Crippen LogP contribution in [-0.4, -0.2) is 62.1 Å². The minimum Gasteiger partial charge on any atom is -0.448 e. The second-order valence-corrected chi connectivity index (χ2v) is 10.6. The Morgan fingerprint density at radius 3 is 1.14 bits per heavy atom. The molecule has 2 amide bonds. The second-order valence-electron chi connectivity index (χ2n) is 10.6. The van der Waals surface area contributed by atoms with Gasteiger partial charge < -0.3 is 20.1 Å². The first-order valence-corrected chi connectivity index (χ1v) is 15.9. The standard InChI is InChI=1S/C30H54N4O8/c1-3-21-31-29(37)27(41-25(35)19-15-11-7-5-9-13-17-23-33-39)28(30(38)32-22-4-2)42-26(36)20-16-12-8-6-10-14-18-24-34-40/h27-28H,3-24H2,1-2H3,(H,31,37)(H,32,38)/t27-,28-/m1/s1. The fraction of sp³-hybridized carbons (Fsp3) is 0.867. The van der Waals surface area contributed by atoms with Gasteiger partial charge in [-0.05, 0) is 38.5 Å². The SMILES string of the molecule is CCCNC(=O)[C@H](OC(=O)CCCCCCCCCN=O)[C@@H](OC(=O)CCCCCCCCCN=O)C(=O)NCCC. The van der Waals surface area contributed by atoms with Gasteiger partial charge in [0.2, 0.25) is 12.2 Å². The van der Waals surface area contributed by atoms with E-state index >= 15 is 0 Å². The summed E-state index contributed by atoms with van der Waals surface area (Å²) in [6, 6.07) is 0. The van der Waals surface area contributed by atoms with Crippen LogP contribution in [0.15, 0.2) is 10.4 Å². The van der Waals surface area contributed by atoms with Gasteiger partial charge in [0.1, 0.15) is 0 Å². The summed E-state index contributed by atoms with van der Waals surface area (Å²) in [6.45, 7) is 5.06. The largest absolute Gasteiger partial charge is 0.448 e. The van der Waals surface area contributed by atoms with Gasteiger partial charge in [0.25, 0.3) is 11.8 Å². The number of ether oxygens (including phenoxy) is 2. The van der Waals surface area contributed by atoms with Crippen LogP contribution in [0.2, 0.25) is 0 Å². The van der Waals surface area contributed by atoms with Crippen LogP contribution in [0, 0.1) is 9.81 Å². The third kappa shape index (κ3) is 21.8. The van der Waals surface area contributed by atoms with Crippen molar-refractivity contribution in [1.29, 1.82) is 0 Å². The average Bonchev–Trinajstić information content (AvgIpc) is 2.98. The molecule has 12 nitrogen and oxygen atoms in total. The van der Waals surface area contributed by atoms with Crippen LogP contribution in [0.3, 0.4) is 0 Å². The highest BCUT2D eigenvalue weighted by atomic mass is 16.6. The molecule has 0 fully saturated rings. The number of nitrogens with one attached hydrogen (secondary N) is 2. The summed E-state index contributed by atoms with van der Waals surface area (Å²) in [5, 5.41) is 11.0. The van der Waals surface area contributed by atoms with Gasteiger partial charge in [0.15, 0.2) is 0 Å². The lowest BCUT2D eigenvalue weighted by molar-refractivity contribution is -0.176. The number of amides is 2. The Bertz CT molecular complexity index is 704. The van der Waals surface area contributed by atoms with Gasteiger partial charge in [-0.15, -0.1) is 0 Å². The maximum atomic E-state index is 13.0. The molecule has 0 saturated heterocycles. The van der Waals surface area contributed by atoms with Crippen LogP contribution < -0.4 is 10.6 Å². The smallest absolute Gasteiger partial charge is 0.306 e. The van der Waals surface area contributed by atoms with Gasteiger partial charge in [-0.25, -0.2) is 0 Å². The van der Waals surface area contributed by atoms with Crippen molar-refractivity contribution in [3.8, 4) is 0 Å². The molecule has 0 aromatic carbocycles. The first-order chi connectivity index (χ1) is 20.4. The highest BCUT2D eigenvalue weighted by Gasteiger charge is 2.39. The molecule has 0 heterocycles. The van der Waals surface area contributed by atoms with Gasteiger partial charge in [-0.3, -0.25) is 19.2 Å². The summed E-state index contributed by atoms with van der Waals surface area (Å²) in [5.74, 6) is -2.61. The van der Waals surface area contributed by atoms with Gasteiger partial charge in [-0.1, -0.05) is 88.4 Å². The minimum atomic E-state index is -1.59. The summed E-state index contributed by atoms with van der Waals surface area (Å²) in [4.78, 5) is 71.6. The number of rotatable bonds is 29. The molecule has 2 atom stereocenters. The molecule has 242 valence electrons. The third-order valence-corrected chi connectivity index (χ3v) is 6.67. The number of carbonyl (C=O) groups is 4. The van der Waals surface area contributed by atoms with Crippen LogP contribution in [0.1, 0.15) is 129 Å². The van der Waals surface area contributed by atoms with Crippen molar-refractivity contribution in [2.24, 2.45) is 10.4 Å². The van der Waals surface area contributed by atoms with E-state index in [1.54, 1.807) is 0 Å². The normalized spacial score (nSPS) is 12.1. The lowest BCUT2D eigenvalue weighted by atomic mass is 10.1. The Hall–Kier alpha value is -2.92. The summed E-state index contributed by atoms with van der Waals surface area (Å²) in [6.07, 6.45) is 10.3. The number of nitrogens with zero attached hydrogens (tertiary/aromatic N) is 2. The molecule has 0 aliphatic heterocycles. The number of unbranched alkanes of at least 4 members (excludes halogenated alkanes) is 12. The van der Waals surface area contributed by atoms with Crippen molar-refractivity contribution in [3.05, 3.63) is 9.81 Å². The van der Waals surface area contributed by atoms with E-state index < -0.39 is 36.0 Å². The summed E-state index contributed by atoms with van der Waals surface area (Å²) < 4.78 is 11.0. The topological polar surface area (TPSA) is 170 Å². The molecular weight excluding hydrogens is 544 g/mol. The molecule has 0 aliphatic rings. The van der Waals surface area contributed by atoms with Gasteiger partial charge >= 0.3 is 11.9 Å². The van der Waals surface area contributed by atoms with Crippen molar-refractivity contribution in [2.75, 3.05) is 26.2 Å². The molecule has 0 bridgehead atoms. The summed E-state index contributed by atoms with van der Waals surface area (Å²) >= 11 is 0. The molecular formula is C30H54N4O8. The average molecular weight is 599 g/mol. The molecule has 0 unspecified atom stereocenters. The summed E-state index contributed by atoms with van der Waals surface area (Å²) in [7, 11) is 0. The Kier molecular flexibility index (Phi) is 26.3. The molecule has 2 N–H and O–H groups in total. The Morgan fingerprint density at radius 1 is 0.524 bits per heavy atom. The Balaban J connectivity index is 5.00. The lowest BCUT2D eigenvalue weighted by Crippen LogP contribution is -2.53. The monoisotopic (exact) mass is 598 g/mol. The van der Waals surface area contributed by atoms with E-state index in [2.05, 4.69) is 21.0 Å². The van der Waals surface area contributed by atoms with Crippen LogP contribution in [-0.2, 0) is 28.7 Å². The van der Waals surface area contributed by atoms with Crippen molar-refractivity contribution >= 4 is 23.8 Å². The van der Waals surface area contributed by atoms with Gasteiger partial charge in [0, 0.05) is 25.9 Å². The number of carbonyl (C=O) groups excluding carboxylic acids is 4. The number of hydrogen-bond acceptors (Lipinski definition) is 10. The van der Waals surface area contributed by atoms with Crippen molar-refractivity contribution in [2.45, 2.75) is 142 Å². The maximum absolute atomic E-state index is 13.0. The molecule has 0 aromatic heterocycles. The molecule has 0 radical (unpaired) electrons. The molecule has 42 heavy (non-hydrogen) atoms. The zero-order chi connectivity index (χ0) is 31.3. The minimum absolute atomic E-state index is 0.0789. The van der Waals surface area contributed by atoms with Gasteiger partial charge in [0.05, 0.1) is 13.1 Å². The van der Waals surface area contributed by atoms with E-state index in [0.717, 1.165) is 77.0 Å². The quantitative estimate of drug-likeness (QED) is 0.0633. The van der Waals surface area contributed by atoms with Crippen molar-refractivity contribution < 1.29 is 28.7 Å². The molecule has 0 spiro atoms. The third-order valence-electron chi connectivity index (χ3n) is 6.67. The van der Waals surface area contributed by atoms with E-state index in [9.17, 15) is 29.0 Å². The molecule has 0 aromatic rings. The number of nitroso groups, excluding NO2 is 2. The molecule has 0 saturated carbocycles. The molecule has 0 aliphatic carbocycles. The highest BCUT2D eigenvalue weighted by molar-refractivity contribution is 5.93. The summed E-state index contributed by atoms with van der Waals surface area (Å²) in [5.41, 5.74) is 0. The first-order valence-electron chi connectivity index (χ1n) is 15.9. The zero-order valence-corrected chi connectivity index (χ0v) is 25.9. The van der Waals surface area contributed by atoms with Crippen LogP contribution in [0.25, 0.3) is 0 Å². The van der Waals surface area contributed by atoms with Crippen molar-refractivity contribution in [3.63, 3.8) is 0 Å². The number of esters is 2. The van der Waals surface area contributed by atoms with Gasteiger partial charge in [-0.2, -0.15) is 9.81 Å². The van der Waals surface area contributed by atoms with E-state index in [4.69, 9.17) is 9.47 Å². The fourth-order valence-electron chi connectivity index (χ4n) is 4.26. The van der Waals surface area contributed by atoms with E-state index in [1.807, 2.05) is 13.8 Å². The van der Waals surface area contributed by atoms with Crippen LogP contribution in [0.5, 0.6) is 0 Å². The predicted molar refractivity (Wildman–Crippen MR) is 162 cm³/mol. The highest BCUT2D eigenvalue weighted by Crippen LogP contribution is 2.15. The zero-order valence-electron chi connectivity index (χ0n) is 25.9. The molecule has 12 heteroatoms. The van der Waals surface area contributed by atoms with Crippen LogP contribution >= 0.6 is 0 Å². The second kappa shape index (κ2) is 28.2.